The molecular formula is C58H51Cl4N3O12. The number of carbonyl (C=O) groups is 3. The lowest BCUT2D eigenvalue weighted by molar-refractivity contribution is 0.0515. The number of aromatic nitrogens is 3. The quantitative estimate of drug-likeness (QED) is 0.0820. The van der Waals surface area contributed by atoms with Gasteiger partial charge in [-0.3, -0.25) is 14.4 Å². The van der Waals surface area contributed by atoms with Gasteiger partial charge in [-0.25, -0.2) is 14.4 Å². The number of carboxylic acid groups (broad SMARTS) is 1. The van der Waals surface area contributed by atoms with Crippen LogP contribution in [0, 0.1) is 0 Å². The van der Waals surface area contributed by atoms with Crippen molar-refractivity contribution in [2.24, 2.45) is 0 Å². The molecular weight excluding hydrogens is 1070 g/mol. The number of methoxy groups -OCH3 is 3. The van der Waals surface area contributed by atoms with Crippen LogP contribution in [0.15, 0.2) is 160 Å². The number of aromatic amines is 1. The Morgan fingerprint density at radius 3 is 1.30 bits per heavy atom. The van der Waals surface area contributed by atoms with Crippen LogP contribution in [0.3, 0.4) is 0 Å². The number of fused-ring (bicyclic) bond motifs is 3. The largest absolute Gasteiger partial charge is 0.497 e. The average Bonchev–Trinajstić information content (AvgIpc) is 3.45. The standard InChI is InChI=1S/C20H18ClNO4.C18H14ClNO4.C12H10ClNO3.C8H9ClO/c1-3-26-20(24)16-12-22(11-13-7-9-14(25-2)10-8-13)18-15(19(16)23)5-4-6-17(18)21;1-24-12-7-5-11(6-8-12)9-20-10-14(18(22)23)17(21)13-3-2-4-15(19)16(13)20;1-2-17-12(16)8-6-14-10-7(11(8)15)4-3-5-9(10)13;1-10-8-4-2-7(6-9)3-5-8/h4-10,12H,3,11H2,1-2H3;2-8,10H,9H2,1H3,(H,22,23);3-6H,2H2,1H3,(H,14,15);2-5H,6H2,1H3. The number of H-pyrrole nitrogens is 1. The minimum absolute atomic E-state index is 0.00451. The van der Waals surface area contributed by atoms with Gasteiger partial charge in [0.05, 0.1) is 66.2 Å². The number of nitrogens with zero attached hydrogens (tertiary/aromatic N) is 2. The first-order valence-corrected chi connectivity index (χ1v) is 25.2. The van der Waals surface area contributed by atoms with Crippen molar-refractivity contribution in [1.82, 2.24) is 14.1 Å². The number of ether oxygens (including phenoxy) is 5. The summed E-state index contributed by atoms with van der Waals surface area (Å²) in [5.74, 6) is 0.388. The Bertz CT molecular complexity index is 3710. The molecule has 0 bridgehead atoms. The van der Waals surface area contributed by atoms with Gasteiger partial charge >= 0.3 is 17.9 Å². The van der Waals surface area contributed by atoms with Crippen LogP contribution in [-0.2, 0) is 28.4 Å². The van der Waals surface area contributed by atoms with Crippen LogP contribution in [0.25, 0.3) is 32.7 Å². The summed E-state index contributed by atoms with van der Waals surface area (Å²) in [5, 5.41) is 11.6. The number of carboxylic acids is 1. The average molecular weight is 1120 g/mol. The van der Waals surface area contributed by atoms with Crippen molar-refractivity contribution in [3.05, 3.63) is 225 Å². The number of aromatic carboxylic acids is 1. The number of esters is 2. The highest BCUT2D eigenvalue weighted by Crippen LogP contribution is 2.26. The van der Waals surface area contributed by atoms with Crippen LogP contribution >= 0.6 is 46.4 Å². The molecule has 9 aromatic rings. The van der Waals surface area contributed by atoms with Crippen LogP contribution in [0.2, 0.25) is 15.1 Å². The Balaban J connectivity index is 0.000000174. The van der Waals surface area contributed by atoms with Gasteiger partial charge in [0.1, 0.15) is 33.9 Å². The van der Waals surface area contributed by atoms with E-state index in [0.29, 0.717) is 61.4 Å². The first-order chi connectivity index (χ1) is 37.1. The van der Waals surface area contributed by atoms with Gasteiger partial charge in [0.15, 0.2) is 0 Å². The molecule has 19 heteroatoms. The van der Waals surface area contributed by atoms with E-state index in [2.05, 4.69) is 4.98 Å². The van der Waals surface area contributed by atoms with E-state index in [1.807, 2.05) is 72.8 Å². The predicted octanol–water partition coefficient (Wildman–Crippen LogP) is 12.1. The summed E-state index contributed by atoms with van der Waals surface area (Å²) in [7, 11) is 4.84. The second kappa shape index (κ2) is 27.6. The summed E-state index contributed by atoms with van der Waals surface area (Å²) in [6, 6.07) is 37.6. The molecule has 0 spiro atoms. The summed E-state index contributed by atoms with van der Waals surface area (Å²) in [4.78, 5) is 75.0. The minimum atomic E-state index is -1.26. The maximum atomic E-state index is 12.7. The van der Waals surface area contributed by atoms with E-state index in [9.17, 15) is 33.9 Å². The normalized spacial score (nSPS) is 10.5. The van der Waals surface area contributed by atoms with Gasteiger partial charge in [-0.2, -0.15) is 0 Å². The van der Waals surface area contributed by atoms with Crippen LogP contribution in [0.5, 0.6) is 17.2 Å². The van der Waals surface area contributed by atoms with E-state index >= 15 is 0 Å². The molecule has 3 aromatic heterocycles. The molecule has 0 fully saturated rings. The van der Waals surface area contributed by atoms with Crippen molar-refractivity contribution >= 4 is 97.0 Å². The molecule has 0 aliphatic carbocycles. The highest BCUT2D eigenvalue weighted by atomic mass is 35.5. The van der Waals surface area contributed by atoms with Crippen molar-refractivity contribution in [3.8, 4) is 17.2 Å². The van der Waals surface area contributed by atoms with Crippen LogP contribution in [0.1, 0.15) is 61.6 Å². The Morgan fingerprint density at radius 2 is 0.883 bits per heavy atom. The van der Waals surface area contributed by atoms with E-state index in [-0.39, 0.29) is 46.1 Å². The number of benzene rings is 6. The second-order valence-electron chi connectivity index (χ2n) is 16.4. The second-order valence-corrected chi connectivity index (χ2v) is 17.9. The summed E-state index contributed by atoms with van der Waals surface area (Å²) in [6.07, 6.45) is 4.18. The van der Waals surface area contributed by atoms with Crippen molar-refractivity contribution in [2.45, 2.75) is 32.8 Å². The zero-order chi connectivity index (χ0) is 55.8. The Kier molecular flexibility index (Phi) is 20.9. The summed E-state index contributed by atoms with van der Waals surface area (Å²) < 4.78 is 28.6. The number of hydrogen-bond acceptors (Lipinski definition) is 11. The van der Waals surface area contributed by atoms with Crippen LogP contribution in [0.4, 0.5) is 0 Å². The molecule has 0 saturated carbocycles. The SMILES string of the molecule is CCOC(=O)c1c[nH]c2c(Cl)cccc2c1=O.CCOC(=O)c1cn(Cc2ccc(OC)cc2)c2c(Cl)cccc2c1=O.COc1ccc(CCl)cc1.COc1ccc(Cn2cc(C(=O)O)c(=O)c3cccc(Cl)c32)cc1. The van der Waals surface area contributed by atoms with Gasteiger partial charge in [0.2, 0.25) is 16.3 Å². The Labute approximate surface area is 461 Å². The summed E-state index contributed by atoms with van der Waals surface area (Å²) in [5.41, 5.74) is 3.05. The van der Waals surface area contributed by atoms with Crippen LogP contribution in [-0.4, -0.2) is 71.7 Å². The van der Waals surface area contributed by atoms with E-state index in [0.717, 1.165) is 33.9 Å². The summed E-state index contributed by atoms with van der Waals surface area (Å²) >= 11 is 24.1. The van der Waals surface area contributed by atoms with Gasteiger partial charge in [0, 0.05) is 53.7 Å². The van der Waals surface area contributed by atoms with Gasteiger partial charge in [0.25, 0.3) is 0 Å². The lowest BCUT2D eigenvalue weighted by Gasteiger charge is -2.14. The Hall–Kier alpha value is -8.08. The lowest BCUT2D eigenvalue weighted by Crippen LogP contribution is -2.21. The first-order valence-electron chi connectivity index (χ1n) is 23.5. The van der Waals surface area contributed by atoms with Crippen LogP contribution < -0.4 is 30.5 Å². The molecule has 0 amide bonds. The maximum absolute atomic E-state index is 12.7. The summed E-state index contributed by atoms with van der Waals surface area (Å²) in [6.45, 7) is 4.63. The molecule has 0 aliphatic heterocycles. The van der Waals surface area contributed by atoms with Gasteiger partial charge < -0.3 is 42.9 Å². The molecule has 398 valence electrons. The van der Waals surface area contributed by atoms with Gasteiger partial charge in [-0.05, 0) is 103 Å². The number of pyridine rings is 3. The molecule has 2 N–H and O–H groups in total. The predicted molar refractivity (Wildman–Crippen MR) is 302 cm³/mol. The molecule has 77 heavy (non-hydrogen) atoms. The number of hydrogen-bond donors (Lipinski definition) is 2. The third-order valence-electron chi connectivity index (χ3n) is 11.5. The van der Waals surface area contributed by atoms with E-state index in [4.69, 9.17) is 70.1 Å². The third kappa shape index (κ3) is 14.4. The highest BCUT2D eigenvalue weighted by molar-refractivity contribution is 6.36. The molecule has 0 aliphatic rings. The third-order valence-corrected chi connectivity index (χ3v) is 12.8. The minimum Gasteiger partial charge on any atom is -0.497 e. The zero-order valence-corrected chi connectivity index (χ0v) is 45.3. The van der Waals surface area contributed by atoms with E-state index in [1.165, 1.54) is 18.6 Å². The fraction of sp³-hybridized carbons (Fsp3) is 0.172. The van der Waals surface area contributed by atoms with Gasteiger partial charge in [-0.15, -0.1) is 11.6 Å². The molecule has 0 radical (unpaired) electrons. The van der Waals surface area contributed by atoms with Crippen molar-refractivity contribution in [3.63, 3.8) is 0 Å². The smallest absolute Gasteiger partial charge is 0.343 e. The number of rotatable bonds is 13. The van der Waals surface area contributed by atoms with Gasteiger partial charge in [-0.1, -0.05) is 89.4 Å². The molecule has 9 rings (SSSR count). The fourth-order valence-electron chi connectivity index (χ4n) is 7.73. The monoisotopic (exact) mass is 1120 g/mol. The molecule has 15 nitrogen and oxygen atoms in total. The number of halogens is 4. The fourth-order valence-corrected chi connectivity index (χ4v) is 8.70. The van der Waals surface area contributed by atoms with Crippen molar-refractivity contribution in [1.29, 1.82) is 0 Å². The van der Waals surface area contributed by atoms with E-state index < -0.39 is 23.3 Å². The number of carbonyl (C=O) groups excluding carboxylic acids is 2. The number of alkyl halides is 1. The highest BCUT2D eigenvalue weighted by Gasteiger charge is 2.20. The molecule has 0 atom stereocenters. The zero-order valence-electron chi connectivity index (χ0n) is 42.2. The molecule has 3 heterocycles. The van der Waals surface area contributed by atoms with Crippen molar-refractivity contribution < 1.29 is 43.2 Å². The first kappa shape index (κ1) is 58.2. The maximum Gasteiger partial charge on any atom is 0.343 e. The number of para-hydroxylation sites is 3. The number of nitrogens with one attached hydrogen (secondary N) is 1. The molecule has 0 saturated heterocycles. The molecule has 0 unspecified atom stereocenters. The topological polar surface area (TPSA) is 194 Å². The molecule has 6 aromatic carbocycles. The van der Waals surface area contributed by atoms with E-state index in [1.54, 1.807) is 98.9 Å². The van der Waals surface area contributed by atoms with Crippen molar-refractivity contribution in [2.75, 3.05) is 34.5 Å². The Morgan fingerprint density at radius 1 is 0.506 bits per heavy atom. The lowest BCUT2D eigenvalue weighted by atomic mass is 10.1.